The summed E-state index contributed by atoms with van der Waals surface area (Å²) in [7, 11) is 0. The Morgan fingerprint density at radius 1 is 1.08 bits per heavy atom. The number of rotatable bonds is 3. The third-order valence-corrected chi connectivity index (χ3v) is 4.37. The Morgan fingerprint density at radius 2 is 1.79 bits per heavy atom. The summed E-state index contributed by atoms with van der Waals surface area (Å²) in [6.07, 6.45) is 0. The molecule has 1 heterocycles. The smallest absolute Gasteiger partial charge is 0.254 e. The Morgan fingerprint density at radius 3 is 2.50 bits per heavy atom. The number of hydrogen-bond acceptors (Lipinski definition) is 2. The molecule has 0 radical (unpaired) electrons. The summed E-state index contributed by atoms with van der Waals surface area (Å²) in [6, 6.07) is 17.2. The summed E-state index contributed by atoms with van der Waals surface area (Å²) in [4.78, 5) is 26.9. The van der Waals surface area contributed by atoms with E-state index in [9.17, 15) is 9.59 Å². The zero-order valence-electron chi connectivity index (χ0n) is 14.0. The van der Waals surface area contributed by atoms with Crippen LogP contribution in [0.3, 0.4) is 0 Å². The summed E-state index contributed by atoms with van der Waals surface area (Å²) in [5, 5.41) is 2.85. The van der Waals surface area contributed by atoms with Crippen molar-refractivity contribution in [3.05, 3.63) is 60.2 Å². The second-order valence-corrected chi connectivity index (χ2v) is 6.43. The molecule has 1 fully saturated rings. The maximum Gasteiger partial charge on any atom is 0.254 e. The largest absolute Gasteiger partial charge is 0.353 e. The third-order valence-electron chi connectivity index (χ3n) is 4.37. The molecule has 2 amide bonds. The summed E-state index contributed by atoms with van der Waals surface area (Å²) in [5.41, 5.74) is 2.70. The highest BCUT2D eigenvalue weighted by Crippen LogP contribution is 2.23. The Labute approximate surface area is 142 Å². The van der Waals surface area contributed by atoms with Gasteiger partial charge in [0.2, 0.25) is 5.91 Å². The Balaban J connectivity index is 1.91. The van der Waals surface area contributed by atoms with E-state index in [1.54, 1.807) is 4.90 Å². The van der Waals surface area contributed by atoms with Crippen LogP contribution >= 0.6 is 0 Å². The van der Waals surface area contributed by atoms with E-state index in [0.717, 1.165) is 11.1 Å². The van der Waals surface area contributed by atoms with Gasteiger partial charge in [0, 0.05) is 18.7 Å². The van der Waals surface area contributed by atoms with Gasteiger partial charge in [0.1, 0.15) is 6.04 Å². The molecule has 1 unspecified atom stereocenters. The van der Waals surface area contributed by atoms with Crippen LogP contribution in [0.15, 0.2) is 54.6 Å². The van der Waals surface area contributed by atoms with Gasteiger partial charge in [-0.25, -0.2) is 0 Å². The predicted octanol–water partition coefficient (Wildman–Crippen LogP) is 2.95. The monoisotopic (exact) mass is 322 g/mol. The second-order valence-electron chi connectivity index (χ2n) is 6.43. The highest BCUT2D eigenvalue weighted by Gasteiger charge is 2.35. The van der Waals surface area contributed by atoms with Crippen LogP contribution in [0.1, 0.15) is 24.2 Å². The maximum absolute atomic E-state index is 13.0. The van der Waals surface area contributed by atoms with Gasteiger partial charge in [-0.15, -0.1) is 0 Å². The van der Waals surface area contributed by atoms with Gasteiger partial charge in [0.05, 0.1) is 0 Å². The van der Waals surface area contributed by atoms with Crippen molar-refractivity contribution in [1.29, 1.82) is 0 Å². The molecule has 1 atom stereocenters. The first kappa shape index (κ1) is 16.2. The fourth-order valence-corrected chi connectivity index (χ4v) is 3.20. The summed E-state index contributed by atoms with van der Waals surface area (Å²) in [6.45, 7) is 4.99. The van der Waals surface area contributed by atoms with Gasteiger partial charge in [-0.3, -0.25) is 9.59 Å². The normalized spacial score (nSPS) is 17.7. The van der Waals surface area contributed by atoms with Gasteiger partial charge in [-0.2, -0.15) is 0 Å². The lowest BCUT2D eigenvalue weighted by molar-refractivity contribution is -0.129. The molecule has 0 saturated carbocycles. The molecule has 24 heavy (non-hydrogen) atoms. The molecule has 2 aromatic rings. The predicted molar refractivity (Wildman–Crippen MR) is 94.6 cm³/mol. The average Bonchev–Trinajstić information content (AvgIpc) is 2.61. The average molecular weight is 322 g/mol. The van der Waals surface area contributed by atoms with Crippen LogP contribution in [0.5, 0.6) is 0 Å². The SMILES string of the molecule is CC(C)C1C(=O)NCCN1C(=O)c1cccc(-c2ccccc2)c1. The van der Waals surface area contributed by atoms with E-state index in [4.69, 9.17) is 0 Å². The van der Waals surface area contributed by atoms with Crippen molar-refractivity contribution in [1.82, 2.24) is 10.2 Å². The van der Waals surface area contributed by atoms with Crippen molar-refractivity contribution >= 4 is 11.8 Å². The highest BCUT2D eigenvalue weighted by atomic mass is 16.2. The minimum Gasteiger partial charge on any atom is -0.353 e. The Kier molecular flexibility index (Phi) is 4.65. The van der Waals surface area contributed by atoms with Crippen LogP contribution in [-0.2, 0) is 4.79 Å². The standard InChI is InChI=1S/C20H22N2O2/c1-14(2)18-19(23)21-11-12-22(18)20(24)17-10-6-9-16(13-17)15-7-4-3-5-8-15/h3-10,13-14,18H,11-12H2,1-2H3,(H,21,23). The number of nitrogens with zero attached hydrogens (tertiary/aromatic N) is 1. The number of carbonyl (C=O) groups excluding carboxylic acids is 2. The topological polar surface area (TPSA) is 49.4 Å². The molecule has 1 aliphatic rings. The number of nitrogens with one attached hydrogen (secondary N) is 1. The molecule has 0 spiro atoms. The van der Waals surface area contributed by atoms with Crippen molar-refractivity contribution in [3.63, 3.8) is 0 Å². The minimum absolute atomic E-state index is 0.0659. The van der Waals surface area contributed by atoms with Gasteiger partial charge in [0.25, 0.3) is 5.91 Å². The molecule has 4 nitrogen and oxygen atoms in total. The first-order chi connectivity index (χ1) is 11.6. The minimum atomic E-state index is -0.411. The molecule has 3 rings (SSSR count). The lowest BCUT2D eigenvalue weighted by Crippen LogP contribution is -2.59. The highest BCUT2D eigenvalue weighted by molar-refractivity contribution is 5.99. The molecule has 124 valence electrons. The van der Waals surface area contributed by atoms with Crippen LogP contribution < -0.4 is 5.32 Å². The summed E-state index contributed by atoms with van der Waals surface area (Å²) in [5.74, 6) is -0.0725. The van der Waals surface area contributed by atoms with Gasteiger partial charge < -0.3 is 10.2 Å². The second kappa shape index (κ2) is 6.87. The number of amides is 2. The van der Waals surface area contributed by atoms with E-state index in [1.165, 1.54) is 0 Å². The van der Waals surface area contributed by atoms with Crippen molar-refractivity contribution in [3.8, 4) is 11.1 Å². The number of carbonyl (C=O) groups is 2. The lowest BCUT2D eigenvalue weighted by atomic mass is 9.97. The fraction of sp³-hybridized carbons (Fsp3) is 0.300. The van der Waals surface area contributed by atoms with Gasteiger partial charge in [-0.05, 0) is 29.2 Å². The quantitative estimate of drug-likeness (QED) is 0.944. The van der Waals surface area contributed by atoms with Crippen LogP contribution in [0, 0.1) is 5.92 Å². The maximum atomic E-state index is 13.0. The summed E-state index contributed by atoms with van der Waals surface area (Å²) >= 11 is 0. The number of piperazine rings is 1. The molecule has 0 bridgehead atoms. The Hall–Kier alpha value is -2.62. The van der Waals surface area contributed by atoms with E-state index in [-0.39, 0.29) is 17.7 Å². The Bertz CT molecular complexity index is 740. The number of hydrogen-bond donors (Lipinski definition) is 1. The molecule has 1 aliphatic heterocycles. The molecule has 2 aromatic carbocycles. The molecule has 0 aliphatic carbocycles. The molecule has 4 heteroatoms. The van der Waals surface area contributed by atoms with E-state index in [0.29, 0.717) is 18.7 Å². The fourth-order valence-electron chi connectivity index (χ4n) is 3.20. The first-order valence-electron chi connectivity index (χ1n) is 8.32. The van der Waals surface area contributed by atoms with Crippen molar-refractivity contribution in [2.45, 2.75) is 19.9 Å². The molecular formula is C20H22N2O2. The molecular weight excluding hydrogens is 300 g/mol. The van der Waals surface area contributed by atoms with Crippen LogP contribution in [0.25, 0.3) is 11.1 Å². The lowest BCUT2D eigenvalue weighted by Gasteiger charge is -2.37. The third kappa shape index (κ3) is 3.18. The van der Waals surface area contributed by atoms with E-state index in [2.05, 4.69) is 5.32 Å². The zero-order valence-corrected chi connectivity index (χ0v) is 14.0. The first-order valence-corrected chi connectivity index (χ1v) is 8.32. The van der Waals surface area contributed by atoms with Crippen molar-refractivity contribution in [2.75, 3.05) is 13.1 Å². The van der Waals surface area contributed by atoms with Gasteiger partial charge >= 0.3 is 0 Å². The van der Waals surface area contributed by atoms with E-state index < -0.39 is 6.04 Å². The van der Waals surface area contributed by atoms with Crippen molar-refractivity contribution in [2.24, 2.45) is 5.92 Å². The van der Waals surface area contributed by atoms with Crippen LogP contribution in [0.4, 0.5) is 0 Å². The molecule has 1 N–H and O–H groups in total. The van der Waals surface area contributed by atoms with E-state index in [1.807, 2.05) is 68.4 Å². The zero-order chi connectivity index (χ0) is 17.1. The van der Waals surface area contributed by atoms with E-state index >= 15 is 0 Å². The summed E-state index contributed by atoms with van der Waals surface area (Å²) < 4.78 is 0. The molecule has 0 aromatic heterocycles. The van der Waals surface area contributed by atoms with Gasteiger partial charge in [0.15, 0.2) is 0 Å². The molecule has 1 saturated heterocycles. The van der Waals surface area contributed by atoms with Crippen LogP contribution in [0.2, 0.25) is 0 Å². The van der Waals surface area contributed by atoms with Crippen molar-refractivity contribution < 1.29 is 9.59 Å². The number of benzene rings is 2. The van der Waals surface area contributed by atoms with Crippen LogP contribution in [-0.4, -0.2) is 35.8 Å². The van der Waals surface area contributed by atoms with Gasteiger partial charge in [-0.1, -0.05) is 56.3 Å².